The van der Waals surface area contributed by atoms with Crippen LogP contribution in [0.4, 0.5) is 0 Å². The molecule has 5 nitrogen and oxygen atoms in total. The van der Waals surface area contributed by atoms with Crippen LogP contribution in [0.15, 0.2) is 12.3 Å². The normalized spacial score (nSPS) is 20.4. The molecule has 1 saturated heterocycles. The molecule has 1 N–H and O–H groups in total. The fourth-order valence-corrected chi connectivity index (χ4v) is 2.18. The van der Waals surface area contributed by atoms with E-state index < -0.39 is 0 Å². The standard InChI is InChI=1S/C11H17N3O2/c1-13-10(2-5-12-13)11(16)14-6-3-9(8-14)4-7-15/h2,5,9,15H,3-4,6-8H2,1H3. The van der Waals surface area contributed by atoms with Gasteiger partial charge in [0, 0.05) is 32.9 Å². The Balaban J connectivity index is 2.00. The number of aromatic nitrogens is 2. The molecule has 2 heterocycles. The number of likely N-dealkylation sites (tertiary alicyclic amines) is 1. The summed E-state index contributed by atoms with van der Waals surface area (Å²) in [6, 6.07) is 1.74. The van der Waals surface area contributed by atoms with Crippen molar-refractivity contribution in [2.24, 2.45) is 13.0 Å². The van der Waals surface area contributed by atoms with Gasteiger partial charge in [0.05, 0.1) is 0 Å². The average Bonchev–Trinajstić information content (AvgIpc) is 2.87. The molecule has 2 rings (SSSR count). The highest BCUT2D eigenvalue weighted by Crippen LogP contribution is 2.20. The Kier molecular flexibility index (Phi) is 3.24. The summed E-state index contributed by atoms with van der Waals surface area (Å²) < 4.78 is 1.60. The van der Waals surface area contributed by atoms with Crippen LogP contribution in [0.2, 0.25) is 0 Å². The first-order valence-corrected chi connectivity index (χ1v) is 5.60. The lowest BCUT2D eigenvalue weighted by molar-refractivity contribution is 0.0774. The van der Waals surface area contributed by atoms with E-state index in [0.717, 1.165) is 25.9 Å². The van der Waals surface area contributed by atoms with E-state index in [1.807, 2.05) is 4.90 Å². The molecular formula is C11H17N3O2. The maximum absolute atomic E-state index is 12.1. The number of amides is 1. The molecule has 1 aromatic rings. The monoisotopic (exact) mass is 223 g/mol. The number of hydrogen-bond donors (Lipinski definition) is 1. The van der Waals surface area contributed by atoms with Crippen molar-refractivity contribution in [1.29, 1.82) is 0 Å². The molecule has 1 unspecified atom stereocenters. The van der Waals surface area contributed by atoms with Gasteiger partial charge in [0.15, 0.2) is 0 Å². The number of nitrogens with zero attached hydrogens (tertiary/aromatic N) is 3. The Bertz CT molecular complexity index is 375. The summed E-state index contributed by atoms with van der Waals surface area (Å²) in [6.07, 6.45) is 3.41. The predicted octanol–water partition coefficient (Wildman–Crippen LogP) is 0.265. The summed E-state index contributed by atoms with van der Waals surface area (Å²) in [5.74, 6) is 0.489. The number of rotatable bonds is 3. The van der Waals surface area contributed by atoms with Crippen molar-refractivity contribution < 1.29 is 9.90 Å². The molecule has 0 bridgehead atoms. The fraction of sp³-hybridized carbons (Fsp3) is 0.636. The van der Waals surface area contributed by atoms with Crippen molar-refractivity contribution >= 4 is 5.91 Å². The lowest BCUT2D eigenvalue weighted by Crippen LogP contribution is -2.30. The van der Waals surface area contributed by atoms with Gasteiger partial charge < -0.3 is 10.0 Å². The van der Waals surface area contributed by atoms with Gasteiger partial charge in [0.2, 0.25) is 0 Å². The molecule has 1 aliphatic rings. The zero-order valence-corrected chi connectivity index (χ0v) is 9.46. The van der Waals surface area contributed by atoms with Gasteiger partial charge in [-0.3, -0.25) is 9.48 Å². The van der Waals surface area contributed by atoms with Gasteiger partial charge in [-0.1, -0.05) is 0 Å². The molecule has 0 radical (unpaired) electrons. The Morgan fingerprint density at radius 2 is 2.50 bits per heavy atom. The Hall–Kier alpha value is -1.36. The summed E-state index contributed by atoms with van der Waals surface area (Å²) in [6.45, 7) is 1.75. The van der Waals surface area contributed by atoms with Crippen LogP contribution < -0.4 is 0 Å². The summed E-state index contributed by atoms with van der Waals surface area (Å²) in [5.41, 5.74) is 0.629. The second-order valence-corrected chi connectivity index (χ2v) is 4.26. The van der Waals surface area contributed by atoms with Crippen LogP contribution in [0.3, 0.4) is 0 Å². The van der Waals surface area contributed by atoms with E-state index in [1.54, 1.807) is 24.0 Å². The summed E-state index contributed by atoms with van der Waals surface area (Å²) in [4.78, 5) is 13.9. The van der Waals surface area contributed by atoms with E-state index in [2.05, 4.69) is 5.10 Å². The van der Waals surface area contributed by atoms with Crippen molar-refractivity contribution in [2.45, 2.75) is 12.8 Å². The third-order valence-corrected chi connectivity index (χ3v) is 3.15. The molecule has 0 aliphatic carbocycles. The van der Waals surface area contributed by atoms with Gasteiger partial charge in [-0.25, -0.2) is 0 Å². The highest BCUT2D eigenvalue weighted by Gasteiger charge is 2.27. The molecule has 0 spiro atoms. The van der Waals surface area contributed by atoms with E-state index in [1.165, 1.54) is 0 Å². The minimum atomic E-state index is 0.0421. The predicted molar refractivity (Wildman–Crippen MR) is 58.9 cm³/mol. The number of aliphatic hydroxyl groups excluding tert-OH is 1. The van der Waals surface area contributed by atoms with Gasteiger partial charge in [-0.2, -0.15) is 5.10 Å². The minimum absolute atomic E-state index is 0.0421. The molecule has 1 aromatic heterocycles. The first-order chi connectivity index (χ1) is 7.72. The van der Waals surface area contributed by atoms with Crippen LogP contribution in [0, 0.1) is 5.92 Å². The molecule has 1 fully saturated rings. The Labute approximate surface area is 94.7 Å². The van der Waals surface area contributed by atoms with E-state index in [9.17, 15) is 4.79 Å². The maximum atomic E-state index is 12.1. The molecule has 1 amide bonds. The topological polar surface area (TPSA) is 58.4 Å². The zero-order chi connectivity index (χ0) is 11.5. The Morgan fingerprint density at radius 3 is 3.12 bits per heavy atom. The molecule has 88 valence electrons. The quantitative estimate of drug-likeness (QED) is 0.800. The average molecular weight is 223 g/mol. The number of hydrogen-bond acceptors (Lipinski definition) is 3. The number of aliphatic hydroxyl groups is 1. The van der Waals surface area contributed by atoms with Crippen LogP contribution in [0.1, 0.15) is 23.3 Å². The summed E-state index contributed by atoms with van der Waals surface area (Å²) in [5, 5.41) is 12.9. The largest absolute Gasteiger partial charge is 0.396 e. The second kappa shape index (κ2) is 4.65. The molecule has 0 aromatic carbocycles. The lowest BCUT2D eigenvalue weighted by Gasteiger charge is -2.16. The van der Waals surface area contributed by atoms with Gasteiger partial charge in [-0.05, 0) is 24.8 Å². The molecule has 1 atom stereocenters. The third kappa shape index (κ3) is 2.09. The van der Waals surface area contributed by atoms with Crippen molar-refractivity contribution in [3.63, 3.8) is 0 Å². The van der Waals surface area contributed by atoms with Crippen molar-refractivity contribution in [3.05, 3.63) is 18.0 Å². The molecule has 16 heavy (non-hydrogen) atoms. The highest BCUT2D eigenvalue weighted by atomic mass is 16.3. The number of carbonyl (C=O) groups excluding carboxylic acids is 1. The Morgan fingerprint density at radius 1 is 1.69 bits per heavy atom. The first kappa shape index (κ1) is 11.1. The van der Waals surface area contributed by atoms with Gasteiger partial charge in [0.25, 0.3) is 5.91 Å². The smallest absolute Gasteiger partial charge is 0.272 e. The first-order valence-electron chi connectivity index (χ1n) is 5.60. The minimum Gasteiger partial charge on any atom is -0.396 e. The summed E-state index contributed by atoms with van der Waals surface area (Å²) >= 11 is 0. The van der Waals surface area contributed by atoms with E-state index in [4.69, 9.17) is 5.11 Å². The highest BCUT2D eigenvalue weighted by molar-refractivity contribution is 5.92. The molecule has 5 heteroatoms. The van der Waals surface area contributed by atoms with Crippen molar-refractivity contribution in [2.75, 3.05) is 19.7 Å². The molecule has 1 aliphatic heterocycles. The number of aryl methyl sites for hydroxylation is 1. The van der Waals surface area contributed by atoms with Crippen LogP contribution in [-0.2, 0) is 7.05 Å². The van der Waals surface area contributed by atoms with E-state index in [-0.39, 0.29) is 12.5 Å². The van der Waals surface area contributed by atoms with Crippen LogP contribution in [-0.4, -0.2) is 45.4 Å². The van der Waals surface area contributed by atoms with E-state index >= 15 is 0 Å². The van der Waals surface area contributed by atoms with Crippen LogP contribution in [0.5, 0.6) is 0 Å². The van der Waals surface area contributed by atoms with Crippen LogP contribution >= 0.6 is 0 Å². The van der Waals surface area contributed by atoms with Gasteiger partial charge >= 0.3 is 0 Å². The van der Waals surface area contributed by atoms with Gasteiger partial charge in [0.1, 0.15) is 5.69 Å². The lowest BCUT2D eigenvalue weighted by atomic mass is 10.1. The number of carbonyl (C=O) groups is 1. The summed E-state index contributed by atoms with van der Waals surface area (Å²) in [7, 11) is 1.77. The molecular weight excluding hydrogens is 206 g/mol. The van der Waals surface area contributed by atoms with Crippen LogP contribution in [0.25, 0.3) is 0 Å². The van der Waals surface area contributed by atoms with Gasteiger partial charge in [-0.15, -0.1) is 0 Å². The van der Waals surface area contributed by atoms with Crippen molar-refractivity contribution in [1.82, 2.24) is 14.7 Å². The SMILES string of the molecule is Cn1nccc1C(=O)N1CCC(CCO)C1. The fourth-order valence-electron chi connectivity index (χ4n) is 2.18. The second-order valence-electron chi connectivity index (χ2n) is 4.26. The third-order valence-electron chi connectivity index (χ3n) is 3.15. The van der Waals surface area contributed by atoms with E-state index in [0.29, 0.717) is 11.6 Å². The maximum Gasteiger partial charge on any atom is 0.272 e. The zero-order valence-electron chi connectivity index (χ0n) is 9.46. The molecule has 0 saturated carbocycles. The van der Waals surface area contributed by atoms with Crippen molar-refractivity contribution in [3.8, 4) is 0 Å².